The summed E-state index contributed by atoms with van der Waals surface area (Å²) >= 11 is 0. The summed E-state index contributed by atoms with van der Waals surface area (Å²) < 4.78 is 2.14. The van der Waals surface area contributed by atoms with E-state index in [1.807, 2.05) is 12.4 Å². The molecule has 1 unspecified atom stereocenters. The number of hydrogen-bond acceptors (Lipinski definition) is 2. The van der Waals surface area contributed by atoms with E-state index in [0.29, 0.717) is 11.5 Å². The maximum Gasteiger partial charge on any atom is 0.108 e. The highest BCUT2D eigenvalue weighted by molar-refractivity contribution is 4.97. The Morgan fingerprint density at radius 2 is 2.17 bits per heavy atom. The van der Waals surface area contributed by atoms with Crippen LogP contribution in [0.4, 0.5) is 0 Å². The van der Waals surface area contributed by atoms with Crippen molar-refractivity contribution in [3.63, 3.8) is 0 Å². The molecule has 0 spiro atoms. The van der Waals surface area contributed by atoms with E-state index in [0.717, 1.165) is 6.42 Å². The summed E-state index contributed by atoms with van der Waals surface area (Å²) in [6, 6.07) is 0.640. The van der Waals surface area contributed by atoms with Crippen LogP contribution in [0.2, 0.25) is 0 Å². The summed E-state index contributed by atoms with van der Waals surface area (Å²) in [6.07, 6.45) is 13.1. The first-order valence-corrected chi connectivity index (χ1v) is 7.35. The van der Waals surface area contributed by atoms with Crippen molar-refractivity contribution in [3.8, 4) is 0 Å². The molecule has 1 saturated carbocycles. The van der Waals surface area contributed by atoms with Crippen LogP contribution in [0.1, 0.15) is 51.3 Å². The number of nitrogens with one attached hydrogen (secondary N) is 1. The molecule has 0 bridgehead atoms. The van der Waals surface area contributed by atoms with Crippen LogP contribution in [0, 0.1) is 5.41 Å². The van der Waals surface area contributed by atoms with E-state index in [-0.39, 0.29) is 0 Å². The van der Waals surface area contributed by atoms with Gasteiger partial charge in [0.25, 0.3) is 0 Å². The maximum atomic E-state index is 4.43. The third kappa shape index (κ3) is 2.61. The molecule has 1 aliphatic rings. The molecule has 3 heteroatoms. The van der Waals surface area contributed by atoms with E-state index in [2.05, 4.69) is 35.9 Å². The summed E-state index contributed by atoms with van der Waals surface area (Å²) in [5.41, 5.74) is 0.542. The molecule has 0 aromatic carbocycles. The lowest BCUT2D eigenvalue weighted by Crippen LogP contribution is -2.42. The van der Waals surface area contributed by atoms with Crippen LogP contribution in [-0.2, 0) is 13.5 Å². The molecule has 0 radical (unpaired) electrons. The Labute approximate surface area is 111 Å². The summed E-state index contributed by atoms with van der Waals surface area (Å²) in [7, 11) is 4.21. The minimum Gasteiger partial charge on any atom is -0.338 e. The average Bonchev–Trinajstić information content (AvgIpc) is 3.01. The zero-order valence-electron chi connectivity index (χ0n) is 12.1. The van der Waals surface area contributed by atoms with Gasteiger partial charge in [-0.3, -0.25) is 0 Å². The molecule has 1 atom stereocenters. The molecule has 0 amide bonds. The van der Waals surface area contributed by atoms with E-state index in [1.165, 1.54) is 44.3 Å². The summed E-state index contributed by atoms with van der Waals surface area (Å²) in [5.74, 6) is 1.21. The standard InChI is InChI=1S/C15H27N3/c1-4-15(9-5-6-10-15)13(16-2)7-8-14-17-11-12-18(14)3/h11-13,16H,4-10H2,1-3H3. The number of hydrogen-bond donors (Lipinski definition) is 1. The smallest absolute Gasteiger partial charge is 0.108 e. The van der Waals surface area contributed by atoms with Gasteiger partial charge >= 0.3 is 0 Å². The molecule has 102 valence electrons. The molecule has 1 heterocycles. The Morgan fingerprint density at radius 3 is 2.67 bits per heavy atom. The Balaban J connectivity index is 1.98. The first kappa shape index (κ1) is 13.6. The van der Waals surface area contributed by atoms with E-state index in [1.54, 1.807) is 0 Å². The van der Waals surface area contributed by atoms with Crippen LogP contribution in [0.5, 0.6) is 0 Å². The monoisotopic (exact) mass is 249 g/mol. The highest BCUT2D eigenvalue weighted by Crippen LogP contribution is 2.44. The molecule has 1 fully saturated rings. The van der Waals surface area contributed by atoms with Gasteiger partial charge in [0.05, 0.1) is 0 Å². The van der Waals surface area contributed by atoms with Crippen molar-refractivity contribution in [2.45, 2.75) is 57.9 Å². The Kier molecular flexibility index (Phi) is 4.44. The molecule has 0 saturated heterocycles. The van der Waals surface area contributed by atoms with Crippen molar-refractivity contribution in [3.05, 3.63) is 18.2 Å². The zero-order valence-corrected chi connectivity index (χ0v) is 12.1. The van der Waals surface area contributed by atoms with Gasteiger partial charge in [0, 0.05) is 31.9 Å². The van der Waals surface area contributed by atoms with Gasteiger partial charge in [-0.2, -0.15) is 0 Å². The highest BCUT2D eigenvalue weighted by Gasteiger charge is 2.38. The van der Waals surface area contributed by atoms with Gasteiger partial charge in [0.2, 0.25) is 0 Å². The Hall–Kier alpha value is -0.830. The quantitative estimate of drug-likeness (QED) is 0.840. The van der Waals surface area contributed by atoms with E-state index in [9.17, 15) is 0 Å². The molecule has 18 heavy (non-hydrogen) atoms. The molecular formula is C15H27N3. The number of rotatable bonds is 6. The van der Waals surface area contributed by atoms with Crippen LogP contribution in [-0.4, -0.2) is 22.6 Å². The second-order valence-corrected chi connectivity index (χ2v) is 5.76. The van der Waals surface area contributed by atoms with Gasteiger partial charge in [0.15, 0.2) is 0 Å². The molecule has 1 aromatic rings. The minimum absolute atomic E-state index is 0.542. The van der Waals surface area contributed by atoms with Crippen molar-refractivity contribution in [1.29, 1.82) is 0 Å². The number of nitrogens with zero attached hydrogens (tertiary/aromatic N) is 2. The van der Waals surface area contributed by atoms with Gasteiger partial charge in [-0.05, 0) is 38.1 Å². The van der Waals surface area contributed by atoms with Gasteiger partial charge in [-0.25, -0.2) is 4.98 Å². The predicted octanol–water partition coefficient (Wildman–Crippen LogP) is 2.91. The highest BCUT2D eigenvalue weighted by atomic mass is 15.0. The van der Waals surface area contributed by atoms with Crippen LogP contribution in [0.15, 0.2) is 12.4 Å². The Bertz CT molecular complexity index is 364. The lowest BCUT2D eigenvalue weighted by atomic mass is 9.74. The predicted molar refractivity (Wildman–Crippen MR) is 75.6 cm³/mol. The fourth-order valence-corrected chi connectivity index (χ4v) is 3.70. The number of imidazole rings is 1. The fourth-order valence-electron chi connectivity index (χ4n) is 3.70. The van der Waals surface area contributed by atoms with Crippen molar-refractivity contribution in [1.82, 2.24) is 14.9 Å². The second-order valence-electron chi connectivity index (χ2n) is 5.76. The summed E-state index contributed by atoms with van der Waals surface area (Å²) in [4.78, 5) is 4.43. The summed E-state index contributed by atoms with van der Waals surface area (Å²) in [5, 5.41) is 3.58. The van der Waals surface area contributed by atoms with Gasteiger partial charge in [0.1, 0.15) is 5.82 Å². The average molecular weight is 249 g/mol. The van der Waals surface area contributed by atoms with E-state index < -0.39 is 0 Å². The topological polar surface area (TPSA) is 29.9 Å². The number of aromatic nitrogens is 2. The second kappa shape index (κ2) is 5.87. The van der Waals surface area contributed by atoms with E-state index >= 15 is 0 Å². The van der Waals surface area contributed by atoms with Crippen LogP contribution in [0.25, 0.3) is 0 Å². The molecule has 2 rings (SSSR count). The van der Waals surface area contributed by atoms with Crippen LogP contribution < -0.4 is 5.32 Å². The fraction of sp³-hybridized carbons (Fsp3) is 0.800. The molecule has 1 aliphatic carbocycles. The number of aryl methyl sites for hydroxylation is 2. The molecule has 3 nitrogen and oxygen atoms in total. The summed E-state index contributed by atoms with van der Waals surface area (Å²) in [6.45, 7) is 2.36. The van der Waals surface area contributed by atoms with Crippen molar-refractivity contribution in [2.75, 3.05) is 7.05 Å². The third-order valence-electron chi connectivity index (χ3n) is 4.97. The van der Waals surface area contributed by atoms with Crippen molar-refractivity contribution in [2.24, 2.45) is 12.5 Å². The maximum absolute atomic E-state index is 4.43. The molecule has 0 aliphatic heterocycles. The SMILES string of the molecule is CCC1(C(CCc2nccn2C)NC)CCCC1. The third-order valence-corrected chi connectivity index (χ3v) is 4.97. The van der Waals surface area contributed by atoms with Crippen molar-refractivity contribution >= 4 is 0 Å². The molecule has 1 aromatic heterocycles. The van der Waals surface area contributed by atoms with Gasteiger partial charge in [-0.15, -0.1) is 0 Å². The van der Waals surface area contributed by atoms with Crippen LogP contribution >= 0.6 is 0 Å². The van der Waals surface area contributed by atoms with Gasteiger partial charge < -0.3 is 9.88 Å². The van der Waals surface area contributed by atoms with Crippen molar-refractivity contribution < 1.29 is 0 Å². The van der Waals surface area contributed by atoms with Crippen LogP contribution in [0.3, 0.4) is 0 Å². The first-order chi connectivity index (χ1) is 8.72. The minimum atomic E-state index is 0.542. The first-order valence-electron chi connectivity index (χ1n) is 7.35. The molecular weight excluding hydrogens is 222 g/mol. The zero-order chi connectivity index (χ0) is 13.0. The lowest BCUT2D eigenvalue weighted by molar-refractivity contribution is 0.184. The molecule has 1 N–H and O–H groups in total. The Morgan fingerprint density at radius 1 is 1.44 bits per heavy atom. The largest absolute Gasteiger partial charge is 0.338 e. The lowest BCUT2D eigenvalue weighted by Gasteiger charge is -2.37. The normalized spacial score (nSPS) is 20.2. The van der Waals surface area contributed by atoms with Gasteiger partial charge in [-0.1, -0.05) is 19.8 Å². The van der Waals surface area contributed by atoms with E-state index in [4.69, 9.17) is 0 Å².